The lowest BCUT2D eigenvalue weighted by Crippen LogP contribution is -2.25. The Bertz CT molecular complexity index is 979. The van der Waals surface area contributed by atoms with Gasteiger partial charge in [0.1, 0.15) is 4.83 Å². The Morgan fingerprint density at radius 1 is 1.30 bits per heavy atom. The number of thiophene rings is 1. The second kappa shape index (κ2) is 8.92. The van der Waals surface area contributed by atoms with E-state index in [9.17, 15) is 9.59 Å². The Morgan fingerprint density at radius 2 is 2.07 bits per heavy atom. The topological polar surface area (TPSA) is 73.2 Å². The molecule has 6 nitrogen and oxygen atoms in total. The summed E-state index contributed by atoms with van der Waals surface area (Å²) in [5, 5.41) is 3.41. The van der Waals surface area contributed by atoms with Crippen LogP contribution in [0.2, 0.25) is 0 Å². The van der Waals surface area contributed by atoms with Crippen molar-refractivity contribution in [3.63, 3.8) is 0 Å². The molecule has 2 aromatic heterocycles. The van der Waals surface area contributed by atoms with Crippen LogP contribution >= 0.6 is 11.3 Å². The monoisotopic (exact) mass is 385 g/mol. The maximum Gasteiger partial charge on any atom is 0.262 e. The third-order valence-corrected chi connectivity index (χ3v) is 5.47. The number of amides is 1. The minimum Gasteiger partial charge on any atom is -0.382 e. The predicted octanol–water partition coefficient (Wildman–Crippen LogP) is 2.97. The highest BCUT2D eigenvalue weighted by atomic mass is 32.1. The summed E-state index contributed by atoms with van der Waals surface area (Å²) in [4.78, 5) is 30.9. The van der Waals surface area contributed by atoms with Crippen molar-refractivity contribution >= 4 is 27.5 Å². The average Bonchev–Trinajstić information content (AvgIpc) is 3.02. The molecule has 3 rings (SSSR count). The van der Waals surface area contributed by atoms with Crippen molar-refractivity contribution < 1.29 is 9.53 Å². The molecule has 0 aliphatic rings. The number of hydrogen-bond acceptors (Lipinski definition) is 5. The number of hydrogen-bond donors (Lipinski definition) is 1. The van der Waals surface area contributed by atoms with E-state index in [0.29, 0.717) is 47.0 Å². The third-order valence-electron chi connectivity index (χ3n) is 4.27. The van der Waals surface area contributed by atoms with Gasteiger partial charge < -0.3 is 10.1 Å². The zero-order valence-corrected chi connectivity index (χ0v) is 16.3. The van der Waals surface area contributed by atoms with Crippen molar-refractivity contribution in [2.24, 2.45) is 0 Å². The van der Waals surface area contributed by atoms with Crippen LogP contribution in [0.15, 0.2) is 41.5 Å². The van der Waals surface area contributed by atoms with Crippen LogP contribution in [0, 0.1) is 6.92 Å². The first-order chi connectivity index (χ1) is 13.1. The van der Waals surface area contributed by atoms with E-state index < -0.39 is 0 Å². The molecule has 0 atom stereocenters. The summed E-state index contributed by atoms with van der Waals surface area (Å²) in [5.41, 5.74) is 1.60. The van der Waals surface area contributed by atoms with Crippen molar-refractivity contribution in [1.82, 2.24) is 14.9 Å². The lowest BCUT2D eigenvalue weighted by molar-refractivity contribution is 0.0948. The molecule has 0 radical (unpaired) electrons. The minimum atomic E-state index is -0.166. The quantitative estimate of drug-likeness (QED) is 0.605. The Balaban J connectivity index is 1.81. The molecule has 7 heteroatoms. The molecule has 0 saturated carbocycles. The number of benzene rings is 1. The van der Waals surface area contributed by atoms with Crippen molar-refractivity contribution in [3.8, 4) is 0 Å². The molecule has 2 heterocycles. The number of nitrogens with zero attached hydrogens (tertiary/aromatic N) is 2. The fraction of sp³-hybridized carbons (Fsp3) is 0.350. The van der Waals surface area contributed by atoms with Crippen LogP contribution in [0.1, 0.15) is 34.1 Å². The largest absolute Gasteiger partial charge is 0.382 e. The Morgan fingerprint density at radius 3 is 2.81 bits per heavy atom. The highest BCUT2D eigenvalue weighted by Crippen LogP contribution is 2.26. The number of rotatable bonds is 8. The molecule has 3 aromatic rings. The van der Waals surface area contributed by atoms with Crippen molar-refractivity contribution in [2.45, 2.75) is 26.8 Å². The molecule has 1 amide bonds. The molecule has 1 aromatic carbocycles. The molecular formula is C20H23N3O3S. The van der Waals surface area contributed by atoms with E-state index in [2.05, 4.69) is 10.3 Å². The number of aryl methyl sites for hydroxylation is 1. The van der Waals surface area contributed by atoms with E-state index in [1.54, 1.807) is 10.9 Å². The Kier molecular flexibility index (Phi) is 6.36. The first-order valence-electron chi connectivity index (χ1n) is 9.00. The fourth-order valence-corrected chi connectivity index (χ4v) is 3.92. The van der Waals surface area contributed by atoms with Gasteiger partial charge >= 0.3 is 0 Å². The normalized spacial score (nSPS) is 11.0. The van der Waals surface area contributed by atoms with Gasteiger partial charge in [0.2, 0.25) is 0 Å². The molecule has 1 N–H and O–H groups in total. The summed E-state index contributed by atoms with van der Waals surface area (Å²) in [6.07, 6.45) is 2.31. The highest BCUT2D eigenvalue weighted by molar-refractivity contribution is 7.20. The standard InChI is InChI=1S/C20H23N3O3S/c1-3-26-11-7-10-21-18(24)17-14(2)16-19(27-17)22-13-23(20(16)25)12-15-8-5-4-6-9-15/h4-6,8-9,13H,3,7,10-12H2,1-2H3,(H,21,24). The maximum atomic E-state index is 12.9. The SMILES string of the molecule is CCOCCCNC(=O)c1sc2ncn(Cc3ccccc3)c(=O)c2c1C. The molecule has 0 fully saturated rings. The second-order valence-electron chi connectivity index (χ2n) is 6.21. The van der Waals surface area contributed by atoms with Crippen LogP contribution in [-0.4, -0.2) is 35.2 Å². The molecule has 0 saturated heterocycles. The average molecular weight is 385 g/mol. The number of carbonyl (C=O) groups excluding carboxylic acids is 1. The third kappa shape index (κ3) is 4.43. The van der Waals surface area contributed by atoms with Crippen LogP contribution in [0.4, 0.5) is 0 Å². The van der Waals surface area contributed by atoms with Gasteiger partial charge in [-0.15, -0.1) is 11.3 Å². The summed E-state index contributed by atoms with van der Waals surface area (Å²) >= 11 is 1.26. The minimum absolute atomic E-state index is 0.118. The molecule has 0 unspecified atom stereocenters. The molecule has 0 spiro atoms. The second-order valence-corrected chi connectivity index (χ2v) is 7.21. The van der Waals surface area contributed by atoms with E-state index in [1.165, 1.54) is 11.3 Å². The number of carbonyl (C=O) groups is 1. The van der Waals surface area contributed by atoms with Crippen LogP contribution in [0.3, 0.4) is 0 Å². The van der Waals surface area contributed by atoms with Crippen molar-refractivity contribution in [2.75, 3.05) is 19.8 Å². The van der Waals surface area contributed by atoms with Gasteiger partial charge in [-0.2, -0.15) is 0 Å². The smallest absolute Gasteiger partial charge is 0.262 e. The van der Waals surface area contributed by atoms with Gasteiger partial charge in [0.25, 0.3) is 11.5 Å². The van der Waals surface area contributed by atoms with Gasteiger partial charge in [-0.1, -0.05) is 30.3 Å². The van der Waals surface area contributed by atoms with Crippen LogP contribution in [-0.2, 0) is 11.3 Å². The molecule has 27 heavy (non-hydrogen) atoms. The van der Waals surface area contributed by atoms with Gasteiger partial charge in [-0.25, -0.2) is 4.98 Å². The van der Waals surface area contributed by atoms with Gasteiger partial charge in [-0.05, 0) is 31.4 Å². The van der Waals surface area contributed by atoms with Crippen molar-refractivity contribution in [1.29, 1.82) is 0 Å². The Labute approximate surface area is 161 Å². The number of fused-ring (bicyclic) bond motifs is 1. The maximum absolute atomic E-state index is 12.9. The van der Waals surface area contributed by atoms with Gasteiger partial charge in [-0.3, -0.25) is 14.2 Å². The van der Waals surface area contributed by atoms with Crippen LogP contribution < -0.4 is 10.9 Å². The van der Waals surface area contributed by atoms with Crippen molar-refractivity contribution in [3.05, 3.63) is 63.0 Å². The van der Waals surface area contributed by atoms with E-state index >= 15 is 0 Å². The predicted molar refractivity (Wildman–Crippen MR) is 108 cm³/mol. The first-order valence-corrected chi connectivity index (χ1v) is 9.82. The molecule has 0 aliphatic carbocycles. The zero-order chi connectivity index (χ0) is 19.2. The summed E-state index contributed by atoms with van der Waals surface area (Å²) < 4.78 is 6.85. The summed E-state index contributed by atoms with van der Waals surface area (Å²) in [5.74, 6) is -0.166. The molecule has 0 bridgehead atoms. The lowest BCUT2D eigenvalue weighted by Gasteiger charge is -2.06. The molecular weight excluding hydrogens is 362 g/mol. The summed E-state index contributed by atoms with van der Waals surface area (Å²) in [7, 11) is 0. The van der Waals surface area contributed by atoms with Gasteiger partial charge in [0, 0.05) is 19.8 Å². The zero-order valence-electron chi connectivity index (χ0n) is 15.5. The molecule has 142 valence electrons. The summed E-state index contributed by atoms with van der Waals surface area (Å²) in [6.45, 7) is 6.04. The van der Waals surface area contributed by atoms with E-state index in [1.807, 2.05) is 44.2 Å². The van der Waals surface area contributed by atoms with Gasteiger partial charge in [0.05, 0.1) is 23.1 Å². The fourth-order valence-electron chi connectivity index (χ4n) is 2.87. The summed E-state index contributed by atoms with van der Waals surface area (Å²) in [6, 6.07) is 9.76. The number of nitrogens with one attached hydrogen (secondary N) is 1. The van der Waals surface area contributed by atoms with E-state index in [4.69, 9.17) is 4.74 Å². The lowest BCUT2D eigenvalue weighted by atomic mass is 10.2. The number of aromatic nitrogens is 2. The van der Waals surface area contributed by atoms with Crippen LogP contribution in [0.5, 0.6) is 0 Å². The highest BCUT2D eigenvalue weighted by Gasteiger charge is 2.19. The number of ether oxygens (including phenoxy) is 1. The van der Waals surface area contributed by atoms with Gasteiger partial charge in [0.15, 0.2) is 0 Å². The van der Waals surface area contributed by atoms with Crippen LogP contribution in [0.25, 0.3) is 10.2 Å². The molecule has 0 aliphatic heterocycles. The Hall–Kier alpha value is -2.51. The first kappa shape index (κ1) is 19.3. The van der Waals surface area contributed by atoms with E-state index in [0.717, 1.165) is 12.0 Å². The van der Waals surface area contributed by atoms with E-state index in [-0.39, 0.29) is 11.5 Å².